The first kappa shape index (κ1) is 7.20. The minimum absolute atomic E-state index is 1.36. The van der Waals surface area contributed by atoms with Crippen molar-refractivity contribution in [2.75, 3.05) is 0 Å². The first-order chi connectivity index (χ1) is 4.04. The average Bonchev–Trinajstić information content (AvgIpc) is 1.63. The Morgan fingerprint density at radius 1 is 1.11 bits per heavy atom. The predicted molar refractivity (Wildman–Crippen MR) is 18.7 cm³/mol. The van der Waals surface area contributed by atoms with Crippen molar-refractivity contribution in [3.8, 4) is 0 Å². The standard InChI is InChI=1S/N3O6/c4-1(5)2(6)9-3(7)8/q+1. The summed E-state index contributed by atoms with van der Waals surface area (Å²) in [5.74, 6) is 0. The van der Waals surface area contributed by atoms with Crippen LogP contribution in [0.3, 0.4) is 0 Å². The highest BCUT2D eigenvalue weighted by Gasteiger charge is 2.30. The molecule has 0 fully saturated rings. The minimum atomic E-state index is -1.62. The van der Waals surface area contributed by atoms with E-state index in [0.29, 0.717) is 0 Å². The van der Waals surface area contributed by atoms with E-state index in [0.717, 1.165) is 0 Å². The van der Waals surface area contributed by atoms with E-state index in [9.17, 15) is 15.0 Å². The number of hydrazine groups is 1. The van der Waals surface area contributed by atoms with Crippen molar-refractivity contribution in [3.63, 3.8) is 0 Å². The van der Waals surface area contributed by atoms with Gasteiger partial charge in [0.2, 0.25) is 0 Å². The van der Waals surface area contributed by atoms with Gasteiger partial charge in [-0.1, -0.05) is 0 Å². The van der Waals surface area contributed by atoms with E-state index < -0.39 is 15.2 Å². The molecule has 9 nitrogen and oxygen atoms in total. The van der Waals surface area contributed by atoms with Gasteiger partial charge in [0.25, 0.3) is 0 Å². The molecule has 9 heavy (non-hydrogen) atoms. The Hall–Kier alpha value is -1.80. The third kappa shape index (κ3) is 2.85. The second-order valence-corrected chi connectivity index (χ2v) is 0.781. The number of nitro groups is 1. The molecule has 0 aliphatic heterocycles. The summed E-state index contributed by atoms with van der Waals surface area (Å²) in [6.07, 6.45) is 0. The molecule has 0 saturated carbocycles. The molecule has 0 unspecified atom stereocenters. The van der Waals surface area contributed by atoms with Crippen molar-refractivity contribution in [2.45, 2.75) is 0 Å². The highest BCUT2D eigenvalue weighted by atomic mass is 17.1. The zero-order valence-electron chi connectivity index (χ0n) is 3.79. The van der Waals surface area contributed by atoms with E-state index in [2.05, 4.69) is 4.94 Å². The van der Waals surface area contributed by atoms with Gasteiger partial charge in [0.15, 0.2) is 0 Å². The number of hydrogen-bond donors (Lipinski definition) is 0. The van der Waals surface area contributed by atoms with Gasteiger partial charge in [-0.05, 0) is 0 Å². The predicted octanol–water partition coefficient (Wildman–Crippen LogP) is -0.920. The Labute approximate surface area is 46.6 Å². The van der Waals surface area contributed by atoms with Gasteiger partial charge >= 0.3 is 15.2 Å². The van der Waals surface area contributed by atoms with Crippen LogP contribution in [0.15, 0.2) is 0 Å². The van der Waals surface area contributed by atoms with E-state index in [4.69, 9.17) is 10.1 Å². The van der Waals surface area contributed by atoms with E-state index in [-0.39, 0.29) is 0 Å². The monoisotopic (exact) mass is 138 g/mol. The van der Waals surface area contributed by atoms with Crippen LogP contribution in [-0.2, 0) is 4.94 Å². The first-order valence-corrected chi connectivity index (χ1v) is 1.48. The Kier molecular flexibility index (Phi) is 1.99. The molecule has 0 amide bonds. The number of hydrogen-bond acceptors (Lipinski definition) is 6. The Balaban J connectivity index is 3.79. The normalized spacial score (nSPS) is 8.00. The van der Waals surface area contributed by atoms with Crippen LogP contribution >= 0.6 is 0 Å². The molecule has 50 valence electrons. The third-order valence-electron chi connectivity index (χ3n) is 0.270. The molecule has 0 aromatic heterocycles. The lowest BCUT2D eigenvalue weighted by atomic mass is 12.5. The summed E-state index contributed by atoms with van der Waals surface area (Å²) in [6.45, 7) is 0. The van der Waals surface area contributed by atoms with Gasteiger partial charge in [0, 0.05) is 0 Å². The SMILES string of the molecule is O=[N+]([O-])O[N+](=O)[N+](=O)[O-]. The molecule has 9 heteroatoms. The third-order valence-corrected chi connectivity index (χ3v) is 0.270. The van der Waals surface area contributed by atoms with Gasteiger partial charge in [0.05, 0.1) is 4.94 Å². The fraction of sp³-hybridized carbons (Fsp3) is 0. The van der Waals surface area contributed by atoms with Crippen LogP contribution in [-0.4, -0.2) is 15.2 Å². The van der Waals surface area contributed by atoms with Gasteiger partial charge in [0.1, 0.15) is 4.91 Å². The average molecular weight is 138 g/mol. The van der Waals surface area contributed by atoms with Gasteiger partial charge < -0.3 is 0 Å². The van der Waals surface area contributed by atoms with Gasteiger partial charge in [-0.15, -0.1) is 10.1 Å². The largest absolute Gasteiger partial charge is 0.581 e. The van der Waals surface area contributed by atoms with Crippen molar-refractivity contribution in [1.82, 2.24) is 0 Å². The van der Waals surface area contributed by atoms with Gasteiger partial charge in [-0.25, -0.2) is 0 Å². The lowest BCUT2D eigenvalue weighted by Crippen LogP contribution is -2.19. The van der Waals surface area contributed by atoms with Crippen molar-refractivity contribution >= 4 is 0 Å². The van der Waals surface area contributed by atoms with Gasteiger partial charge in [-0.3, -0.25) is 0 Å². The lowest BCUT2D eigenvalue weighted by molar-refractivity contribution is -1.29. The molecule has 0 aliphatic rings. The van der Waals surface area contributed by atoms with Gasteiger partial charge in [-0.2, -0.15) is 10.1 Å². The summed E-state index contributed by atoms with van der Waals surface area (Å²) in [5, 5.41) is 13.8. The van der Waals surface area contributed by atoms with Crippen LogP contribution in [0.5, 0.6) is 0 Å². The minimum Gasteiger partial charge on any atom is -0.192 e. The van der Waals surface area contributed by atoms with E-state index in [1.807, 2.05) is 0 Å². The molecule has 0 N–H and O–H groups in total. The maximum Gasteiger partial charge on any atom is 0.581 e. The van der Waals surface area contributed by atoms with E-state index in [1.165, 1.54) is 0 Å². The first-order valence-electron chi connectivity index (χ1n) is 1.48. The van der Waals surface area contributed by atoms with Crippen molar-refractivity contribution in [3.05, 3.63) is 25.1 Å². The Morgan fingerprint density at radius 3 is 1.67 bits per heavy atom. The van der Waals surface area contributed by atoms with Crippen LogP contribution in [0.4, 0.5) is 0 Å². The fourth-order valence-corrected chi connectivity index (χ4v) is 0.0868. The molecule has 0 saturated heterocycles. The highest BCUT2D eigenvalue weighted by molar-refractivity contribution is 3.87. The summed E-state index contributed by atoms with van der Waals surface area (Å²) in [7, 11) is 0. The maximum atomic E-state index is 9.51. The smallest absolute Gasteiger partial charge is 0.192 e. The van der Waals surface area contributed by atoms with Crippen molar-refractivity contribution in [1.29, 1.82) is 0 Å². The van der Waals surface area contributed by atoms with Crippen LogP contribution in [0, 0.1) is 25.1 Å². The van der Waals surface area contributed by atoms with Crippen LogP contribution in [0.2, 0.25) is 0 Å². The second kappa shape index (κ2) is 2.49. The number of rotatable bonds is 3. The number of nitrogens with zero attached hydrogens (tertiary/aromatic N) is 3. The summed E-state index contributed by atoms with van der Waals surface area (Å²) in [6, 6.07) is 0. The zero-order valence-corrected chi connectivity index (χ0v) is 3.79. The topological polar surface area (TPSA) is 116 Å². The van der Waals surface area contributed by atoms with Crippen LogP contribution in [0.1, 0.15) is 0 Å². The summed E-state index contributed by atoms with van der Waals surface area (Å²) in [4.78, 5) is 30.7. The van der Waals surface area contributed by atoms with Crippen LogP contribution in [0.25, 0.3) is 0 Å². The molecule has 0 bridgehead atoms. The molecule has 0 atom stereocenters. The molecular formula is N3O6+. The molecule has 0 heterocycles. The Bertz CT molecular complexity index is 158. The van der Waals surface area contributed by atoms with E-state index >= 15 is 0 Å². The quantitative estimate of drug-likeness (QED) is 0.367. The molecule has 0 aliphatic carbocycles. The van der Waals surface area contributed by atoms with Crippen molar-refractivity contribution < 1.29 is 20.1 Å². The molecule has 0 radical (unpaired) electrons. The molecule has 0 rings (SSSR count). The van der Waals surface area contributed by atoms with E-state index in [1.54, 1.807) is 0 Å². The van der Waals surface area contributed by atoms with Crippen LogP contribution < -0.4 is 0 Å². The lowest BCUT2D eigenvalue weighted by Gasteiger charge is -1.70. The fourth-order valence-electron chi connectivity index (χ4n) is 0.0868. The maximum absolute atomic E-state index is 9.51. The molecule has 0 aromatic rings. The summed E-state index contributed by atoms with van der Waals surface area (Å²) >= 11 is 0. The second-order valence-electron chi connectivity index (χ2n) is 0.781. The highest BCUT2D eigenvalue weighted by Crippen LogP contribution is 1.76. The summed E-state index contributed by atoms with van der Waals surface area (Å²) < 4.78 is 0. The molecule has 0 spiro atoms. The van der Waals surface area contributed by atoms with Crippen molar-refractivity contribution in [2.24, 2.45) is 0 Å². The molecule has 0 aromatic carbocycles. The summed E-state index contributed by atoms with van der Waals surface area (Å²) in [5.41, 5.74) is 0. The molecular weight excluding hydrogens is 138 g/mol. The Morgan fingerprint density at radius 2 is 1.56 bits per heavy atom. The zero-order chi connectivity index (χ0) is 7.44.